The van der Waals surface area contributed by atoms with Crippen LogP contribution in [0.5, 0.6) is 11.5 Å². The number of ether oxygens (including phenoxy) is 2. The van der Waals surface area contributed by atoms with Crippen LogP contribution in [0.15, 0.2) is 53.9 Å². The van der Waals surface area contributed by atoms with E-state index in [1.807, 2.05) is 59.3 Å². The van der Waals surface area contributed by atoms with Crippen LogP contribution in [0.3, 0.4) is 0 Å². The van der Waals surface area contributed by atoms with E-state index >= 15 is 0 Å². The average molecular weight is 483 g/mol. The second kappa shape index (κ2) is 9.68. The van der Waals surface area contributed by atoms with Crippen molar-refractivity contribution in [2.75, 3.05) is 14.2 Å². The lowest BCUT2D eigenvalue weighted by Crippen LogP contribution is -2.07. The van der Waals surface area contributed by atoms with Crippen molar-refractivity contribution in [2.45, 2.75) is 19.9 Å². The molecule has 8 heteroatoms. The molecule has 0 saturated heterocycles. The van der Waals surface area contributed by atoms with Gasteiger partial charge in [-0.3, -0.25) is 0 Å². The third-order valence-corrected chi connectivity index (χ3v) is 6.75. The van der Waals surface area contributed by atoms with Crippen LogP contribution in [0, 0.1) is 6.92 Å². The number of rotatable bonds is 8. The van der Waals surface area contributed by atoms with Crippen LogP contribution in [-0.2, 0) is 13.0 Å². The molecular formula is C25H23ClN2O4S. The molecule has 6 nitrogen and oxygen atoms in total. The Balaban J connectivity index is 1.68. The molecule has 0 spiro atoms. The van der Waals surface area contributed by atoms with Gasteiger partial charge >= 0.3 is 5.97 Å². The highest BCUT2D eigenvalue weighted by molar-refractivity contribution is 7.13. The van der Waals surface area contributed by atoms with Gasteiger partial charge in [-0.1, -0.05) is 35.9 Å². The van der Waals surface area contributed by atoms with Gasteiger partial charge in [0.1, 0.15) is 5.01 Å². The second-order valence-corrected chi connectivity index (χ2v) is 8.71. The van der Waals surface area contributed by atoms with Gasteiger partial charge in [-0.2, -0.15) is 0 Å². The lowest BCUT2D eigenvalue weighted by Gasteiger charge is -2.13. The summed E-state index contributed by atoms with van der Waals surface area (Å²) in [6.07, 6.45) is 0.684. The molecule has 2 aromatic carbocycles. The van der Waals surface area contributed by atoms with Gasteiger partial charge in [0.2, 0.25) is 0 Å². The van der Waals surface area contributed by atoms with Crippen LogP contribution in [0.2, 0.25) is 5.02 Å². The molecule has 170 valence electrons. The minimum Gasteiger partial charge on any atom is -0.493 e. The third kappa shape index (κ3) is 4.60. The van der Waals surface area contributed by atoms with E-state index in [1.165, 1.54) is 11.3 Å². The van der Waals surface area contributed by atoms with Gasteiger partial charge in [0, 0.05) is 23.2 Å². The fourth-order valence-corrected chi connectivity index (χ4v) is 4.92. The highest BCUT2D eigenvalue weighted by Gasteiger charge is 2.20. The first-order valence-electron chi connectivity index (χ1n) is 10.3. The van der Waals surface area contributed by atoms with Gasteiger partial charge in [0.25, 0.3) is 0 Å². The Labute approximate surface area is 201 Å². The number of halogens is 1. The van der Waals surface area contributed by atoms with Crippen molar-refractivity contribution >= 4 is 28.9 Å². The predicted octanol–water partition coefficient (Wildman–Crippen LogP) is 6.20. The van der Waals surface area contributed by atoms with Crippen molar-refractivity contribution in [3.8, 4) is 33.5 Å². The van der Waals surface area contributed by atoms with Gasteiger partial charge in [-0.05, 0) is 43.2 Å². The van der Waals surface area contributed by atoms with Crippen molar-refractivity contribution < 1.29 is 19.4 Å². The Morgan fingerprint density at radius 1 is 1.12 bits per heavy atom. The number of methoxy groups -OCH3 is 2. The summed E-state index contributed by atoms with van der Waals surface area (Å²) in [6, 6.07) is 15.0. The summed E-state index contributed by atoms with van der Waals surface area (Å²) in [5, 5.41) is 13.1. The van der Waals surface area contributed by atoms with Crippen LogP contribution in [-0.4, -0.2) is 34.8 Å². The van der Waals surface area contributed by atoms with Gasteiger partial charge in [0.15, 0.2) is 11.5 Å². The Morgan fingerprint density at radius 2 is 1.88 bits per heavy atom. The number of carbonyl (C=O) groups is 1. The minimum atomic E-state index is -0.958. The Morgan fingerprint density at radius 3 is 2.58 bits per heavy atom. The fourth-order valence-electron chi connectivity index (χ4n) is 3.79. The van der Waals surface area contributed by atoms with Crippen LogP contribution >= 0.6 is 22.9 Å². The van der Waals surface area contributed by atoms with Crippen molar-refractivity contribution in [3.05, 3.63) is 75.8 Å². The monoisotopic (exact) mass is 482 g/mol. The molecule has 0 aliphatic carbocycles. The summed E-state index contributed by atoms with van der Waals surface area (Å²) in [5.74, 6) is 0.372. The zero-order valence-corrected chi connectivity index (χ0v) is 20.0. The molecule has 4 rings (SSSR count). The molecule has 0 saturated carbocycles. The molecule has 1 N–H and O–H groups in total. The summed E-state index contributed by atoms with van der Waals surface area (Å²) < 4.78 is 12.7. The number of benzene rings is 2. The predicted molar refractivity (Wildman–Crippen MR) is 131 cm³/mol. The van der Waals surface area contributed by atoms with Crippen molar-refractivity contribution in [1.82, 2.24) is 9.55 Å². The third-order valence-electron chi connectivity index (χ3n) is 5.54. The van der Waals surface area contributed by atoms with Crippen molar-refractivity contribution in [1.29, 1.82) is 0 Å². The molecular weight excluding hydrogens is 460 g/mol. The fraction of sp³-hybridized carbons (Fsp3) is 0.200. The highest BCUT2D eigenvalue weighted by Crippen LogP contribution is 2.35. The maximum absolute atomic E-state index is 11.8. The lowest BCUT2D eigenvalue weighted by molar-refractivity contribution is 0.0696. The Kier molecular flexibility index (Phi) is 6.72. The number of carboxylic acid groups (broad SMARTS) is 1. The van der Waals surface area contributed by atoms with E-state index < -0.39 is 5.97 Å². The first kappa shape index (κ1) is 22.9. The number of aryl methyl sites for hydroxylation is 1. The summed E-state index contributed by atoms with van der Waals surface area (Å²) in [6.45, 7) is 2.41. The van der Waals surface area contributed by atoms with E-state index in [9.17, 15) is 9.90 Å². The highest BCUT2D eigenvalue weighted by atomic mass is 35.5. The number of nitrogens with zero attached hydrogens (tertiary/aromatic N) is 2. The average Bonchev–Trinajstić information content (AvgIpc) is 3.42. The summed E-state index contributed by atoms with van der Waals surface area (Å²) in [5.41, 5.74) is 4.35. The van der Waals surface area contributed by atoms with Gasteiger partial charge in [-0.15, -0.1) is 11.3 Å². The van der Waals surface area contributed by atoms with Gasteiger partial charge in [-0.25, -0.2) is 9.78 Å². The molecule has 0 aliphatic rings. The zero-order valence-electron chi connectivity index (χ0n) is 18.5. The molecule has 0 radical (unpaired) electrons. The molecule has 0 amide bonds. The second-order valence-electron chi connectivity index (χ2n) is 7.44. The molecule has 2 aromatic heterocycles. The normalized spacial score (nSPS) is 10.9. The van der Waals surface area contributed by atoms with E-state index in [-0.39, 0.29) is 5.56 Å². The van der Waals surface area contributed by atoms with Crippen LogP contribution in [0.1, 0.15) is 21.6 Å². The van der Waals surface area contributed by atoms with E-state index in [0.717, 1.165) is 27.5 Å². The molecule has 0 bridgehead atoms. The topological polar surface area (TPSA) is 73.6 Å². The molecule has 0 unspecified atom stereocenters. The minimum absolute atomic E-state index is 0.268. The first-order chi connectivity index (χ1) is 15.9. The van der Waals surface area contributed by atoms with E-state index in [0.29, 0.717) is 35.2 Å². The van der Waals surface area contributed by atoms with Crippen LogP contribution in [0.4, 0.5) is 0 Å². The lowest BCUT2D eigenvalue weighted by atomic mass is 10.1. The van der Waals surface area contributed by atoms with Crippen LogP contribution < -0.4 is 9.47 Å². The summed E-state index contributed by atoms with van der Waals surface area (Å²) in [7, 11) is 3.21. The SMILES string of the molecule is COc1ccc(CCn2c(-c3csc(-c4ccccc4Cl)n3)cc(C(=O)O)c2C)cc1OC. The number of hydrogen-bond donors (Lipinski definition) is 1. The smallest absolute Gasteiger partial charge is 0.337 e. The molecule has 33 heavy (non-hydrogen) atoms. The number of carboxylic acids is 1. The standard InChI is InChI=1S/C25H23ClN2O4S/c1-15-18(25(29)30)13-21(20-14-33-24(27-20)17-6-4-5-7-19(17)26)28(15)11-10-16-8-9-22(31-2)23(12-16)32-3/h4-9,12-14H,10-11H2,1-3H3,(H,29,30). The molecule has 0 aliphatic heterocycles. The van der Waals surface area contributed by atoms with Crippen molar-refractivity contribution in [3.63, 3.8) is 0 Å². The maximum Gasteiger partial charge on any atom is 0.337 e. The number of hydrogen-bond acceptors (Lipinski definition) is 5. The Bertz CT molecular complexity index is 1310. The van der Waals surface area contributed by atoms with E-state index in [2.05, 4.69) is 0 Å². The molecule has 2 heterocycles. The maximum atomic E-state index is 11.8. The molecule has 0 fully saturated rings. The van der Waals surface area contributed by atoms with E-state index in [4.69, 9.17) is 26.1 Å². The first-order valence-corrected chi connectivity index (χ1v) is 11.5. The van der Waals surface area contributed by atoms with Crippen molar-refractivity contribution in [2.24, 2.45) is 0 Å². The summed E-state index contributed by atoms with van der Waals surface area (Å²) >= 11 is 7.83. The zero-order chi connectivity index (χ0) is 23.5. The number of aromatic carboxylic acids is 1. The number of thiazole rings is 1. The quantitative estimate of drug-likeness (QED) is 0.323. The molecule has 0 atom stereocenters. The van der Waals surface area contributed by atoms with Gasteiger partial charge < -0.3 is 19.1 Å². The largest absolute Gasteiger partial charge is 0.493 e. The van der Waals surface area contributed by atoms with E-state index in [1.54, 1.807) is 20.3 Å². The molecule has 4 aromatic rings. The number of aromatic nitrogens is 2. The van der Waals surface area contributed by atoms with Crippen LogP contribution in [0.25, 0.3) is 22.0 Å². The van der Waals surface area contributed by atoms with Gasteiger partial charge in [0.05, 0.1) is 36.2 Å². The summed E-state index contributed by atoms with van der Waals surface area (Å²) in [4.78, 5) is 16.6. The Hall–Kier alpha value is -3.29.